The van der Waals surface area contributed by atoms with Crippen LogP contribution in [0.3, 0.4) is 0 Å². The third kappa shape index (κ3) is 3.61. The van der Waals surface area contributed by atoms with Crippen LogP contribution in [0.1, 0.15) is 46.6 Å². The van der Waals surface area contributed by atoms with Crippen LogP contribution in [-0.2, 0) is 5.75 Å². The highest BCUT2D eigenvalue weighted by atomic mass is 32.2. The Morgan fingerprint density at radius 2 is 2.00 bits per heavy atom. The highest BCUT2D eigenvalue weighted by Gasteiger charge is 2.42. The van der Waals surface area contributed by atoms with E-state index in [0.29, 0.717) is 12.0 Å². The van der Waals surface area contributed by atoms with Gasteiger partial charge in [0.05, 0.1) is 6.04 Å². The Morgan fingerprint density at radius 3 is 2.81 bits per heavy atom. The predicted octanol–water partition coefficient (Wildman–Crippen LogP) is 4.31. The minimum atomic E-state index is -0.999. The monoisotopic (exact) mass is 523 g/mol. The largest absolute Gasteiger partial charge is 0.502 e. The number of benzene rings is 2. The summed E-state index contributed by atoms with van der Waals surface area (Å²) in [5.41, 5.74) is 0.570. The molecule has 3 aromatic rings. The number of rotatable bonds is 1. The van der Waals surface area contributed by atoms with Crippen molar-refractivity contribution >= 4 is 17.7 Å². The molecule has 6 rings (SSSR count). The molecule has 2 bridgehead atoms. The molecule has 0 unspecified atom stereocenters. The second-order valence-electron chi connectivity index (χ2n) is 9.08. The van der Waals surface area contributed by atoms with Gasteiger partial charge in [0.2, 0.25) is 5.43 Å². The molecule has 0 aliphatic carbocycles. The fourth-order valence-electron chi connectivity index (χ4n) is 5.31. The Labute approximate surface area is 215 Å². The lowest BCUT2D eigenvalue weighted by Crippen LogP contribution is -2.57. The van der Waals surface area contributed by atoms with E-state index in [9.17, 15) is 19.1 Å². The first-order valence-electron chi connectivity index (χ1n) is 11.9. The average Bonchev–Trinajstić information content (AvgIpc) is 3.08. The Bertz CT molecular complexity index is 1520. The highest BCUT2D eigenvalue weighted by Crippen LogP contribution is 2.47. The van der Waals surface area contributed by atoms with E-state index in [1.54, 1.807) is 16.0 Å². The predicted molar refractivity (Wildman–Crippen MR) is 135 cm³/mol. The van der Waals surface area contributed by atoms with Gasteiger partial charge < -0.3 is 14.7 Å². The number of nitrogens with zero attached hydrogens (tertiary/aromatic N) is 3. The van der Waals surface area contributed by atoms with Crippen molar-refractivity contribution in [3.63, 3.8) is 0 Å². The zero-order valence-electron chi connectivity index (χ0n) is 19.9. The van der Waals surface area contributed by atoms with E-state index in [2.05, 4.69) is 0 Å². The number of carbonyl (C=O) groups is 1. The highest BCUT2D eigenvalue weighted by molar-refractivity contribution is 7.98. The molecule has 1 aromatic heterocycles. The standard InChI is InChI=1S/C27H23F2N3O4S/c1-2-15-6-5-11-36-20-12-18(28)23(29)17-13-37-21-8-4-3-7-16(21)24(22(17)20)32-14-30(15)27(35)25-26(34)19(33)9-10-31(25)32/h3-10,12,15,24,34H,2,11,13-14H2,1H3/b6-5+/t15-,24+/m0/s1. The van der Waals surface area contributed by atoms with E-state index in [4.69, 9.17) is 4.74 Å². The van der Waals surface area contributed by atoms with Gasteiger partial charge in [-0.15, -0.1) is 11.8 Å². The zero-order chi connectivity index (χ0) is 25.8. The molecule has 2 aromatic carbocycles. The molecule has 0 fully saturated rings. The lowest BCUT2D eigenvalue weighted by atomic mass is 9.92. The van der Waals surface area contributed by atoms with Gasteiger partial charge in [0.25, 0.3) is 5.91 Å². The summed E-state index contributed by atoms with van der Waals surface area (Å²) in [6.07, 6.45) is 5.56. The minimum Gasteiger partial charge on any atom is -0.502 e. The molecule has 0 saturated carbocycles. The molecule has 1 N–H and O–H groups in total. The summed E-state index contributed by atoms with van der Waals surface area (Å²) in [5, 5.41) is 12.6. The fourth-order valence-corrected chi connectivity index (χ4v) is 6.41. The lowest BCUT2D eigenvalue weighted by Gasteiger charge is -2.46. The molecule has 0 radical (unpaired) electrons. The molecule has 7 nitrogen and oxygen atoms in total. The molecule has 37 heavy (non-hydrogen) atoms. The summed E-state index contributed by atoms with van der Waals surface area (Å²) >= 11 is 1.39. The lowest BCUT2D eigenvalue weighted by molar-refractivity contribution is 0.0625. The minimum absolute atomic E-state index is 0.0680. The number of hydrogen-bond donors (Lipinski definition) is 1. The van der Waals surface area contributed by atoms with E-state index in [0.717, 1.165) is 16.5 Å². The van der Waals surface area contributed by atoms with Crippen molar-refractivity contribution in [2.24, 2.45) is 0 Å². The van der Waals surface area contributed by atoms with Gasteiger partial charge in [-0.25, -0.2) is 8.78 Å². The van der Waals surface area contributed by atoms with E-state index in [1.165, 1.54) is 28.7 Å². The molecule has 3 aliphatic heterocycles. The summed E-state index contributed by atoms with van der Waals surface area (Å²) in [6, 6.07) is 8.73. The van der Waals surface area contributed by atoms with Crippen LogP contribution in [0.15, 0.2) is 64.4 Å². The fraction of sp³-hybridized carbons (Fsp3) is 0.259. The molecular weight excluding hydrogens is 500 g/mol. The van der Waals surface area contributed by atoms with Gasteiger partial charge in [0.15, 0.2) is 23.1 Å². The average molecular weight is 524 g/mol. The Hall–Kier alpha value is -3.79. The van der Waals surface area contributed by atoms with Crippen molar-refractivity contribution in [2.75, 3.05) is 18.3 Å². The van der Waals surface area contributed by atoms with Gasteiger partial charge in [-0.05, 0) is 24.1 Å². The summed E-state index contributed by atoms with van der Waals surface area (Å²) in [5.74, 6) is -2.72. The van der Waals surface area contributed by atoms with E-state index < -0.39 is 34.8 Å². The SMILES string of the molecule is CC[C@H]1/C=C/COc2cc(F)c(F)c3c2[C@@H](c2ccccc2SC3)N2CN1C(=O)c1c(O)c(=O)ccn12. The van der Waals surface area contributed by atoms with Crippen molar-refractivity contribution in [1.29, 1.82) is 0 Å². The number of amides is 1. The number of carbonyl (C=O) groups excluding carboxylic acids is 1. The molecule has 0 spiro atoms. The molecule has 1 amide bonds. The number of halogens is 2. The topological polar surface area (TPSA) is 75.0 Å². The second kappa shape index (κ2) is 8.95. The number of fused-ring (bicyclic) bond motifs is 7. The van der Waals surface area contributed by atoms with E-state index in [-0.39, 0.29) is 42.1 Å². The number of thioether (sulfide) groups is 1. The van der Waals surface area contributed by atoms with Gasteiger partial charge in [-0.2, -0.15) is 0 Å². The van der Waals surface area contributed by atoms with Crippen molar-refractivity contribution in [2.45, 2.75) is 36.1 Å². The molecule has 4 heterocycles. The number of pyridine rings is 1. The number of aromatic nitrogens is 1. The number of aromatic hydroxyl groups is 1. The number of ether oxygens (including phenoxy) is 1. The maximum Gasteiger partial charge on any atom is 0.278 e. The molecule has 3 aliphatic rings. The Kier molecular flexibility index (Phi) is 5.71. The summed E-state index contributed by atoms with van der Waals surface area (Å²) in [6.45, 7) is 2.08. The van der Waals surface area contributed by atoms with Crippen LogP contribution in [-0.4, -0.2) is 39.9 Å². The van der Waals surface area contributed by atoms with Crippen molar-refractivity contribution < 1.29 is 23.4 Å². The number of hydrogen-bond acceptors (Lipinski definition) is 6. The molecule has 0 saturated heterocycles. The zero-order valence-corrected chi connectivity index (χ0v) is 20.7. The van der Waals surface area contributed by atoms with Crippen molar-refractivity contribution in [1.82, 2.24) is 9.58 Å². The van der Waals surface area contributed by atoms with Gasteiger partial charge in [-0.3, -0.25) is 19.3 Å². The van der Waals surface area contributed by atoms with Crippen molar-refractivity contribution in [3.05, 3.63) is 99.0 Å². The first kappa shape index (κ1) is 23.6. The maximum atomic E-state index is 15.4. The van der Waals surface area contributed by atoms with Crippen LogP contribution >= 0.6 is 11.8 Å². The first-order chi connectivity index (χ1) is 17.9. The van der Waals surface area contributed by atoms with Crippen LogP contribution in [0.2, 0.25) is 0 Å². The Morgan fingerprint density at radius 1 is 1.19 bits per heavy atom. The summed E-state index contributed by atoms with van der Waals surface area (Å²) in [7, 11) is 0. The maximum absolute atomic E-state index is 15.4. The van der Waals surface area contributed by atoms with Gasteiger partial charge in [-0.1, -0.05) is 31.2 Å². The van der Waals surface area contributed by atoms with Gasteiger partial charge in [0, 0.05) is 40.1 Å². The molecule has 190 valence electrons. The third-order valence-electron chi connectivity index (χ3n) is 7.08. The van der Waals surface area contributed by atoms with E-state index >= 15 is 4.39 Å². The van der Waals surface area contributed by atoms with Crippen LogP contribution in [0.5, 0.6) is 11.5 Å². The van der Waals surface area contributed by atoms with Crippen molar-refractivity contribution in [3.8, 4) is 11.5 Å². The van der Waals surface area contributed by atoms with Gasteiger partial charge >= 0.3 is 0 Å². The molecular formula is C27H23F2N3O4S. The summed E-state index contributed by atoms with van der Waals surface area (Å²) in [4.78, 5) is 28.5. The normalized spacial score (nSPS) is 21.1. The quantitative estimate of drug-likeness (QED) is 0.480. The second-order valence-corrected chi connectivity index (χ2v) is 10.1. The van der Waals surface area contributed by atoms with Crippen LogP contribution < -0.4 is 15.2 Å². The molecule has 2 atom stereocenters. The third-order valence-corrected chi connectivity index (χ3v) is 8.20. The van der Waals surface area contributed by atoms with E-state index in [1.807, 2.05) is 37.3 Å². The van der Waals surface area contributed by atoms with Crippen LogP contribution in [0.25, 0.3) is 0 Å². The van der Waals surface area contributed by atoms with Gasteiger partial charge in [0.1, 0.15) is 25.1 Å². The molecule has 10 heteroatoms. The first-order valence-corrected chi connectivity index (χ1v) is 12.9. The van der Waals surface area contributed by atoms with Crippen LogP contribution in [0, 0.1) is 11.6 Å². The Balaban J connectivity index is 1.72. The smallest absolute Gasteiger partial charge is 0.278 e. The van der Waals surface area contributed by atoms with Crippen LogP contribution in [0.4, 0.5) is 8.78 Å². The summed E-state index contributed by atoms with van der Waals surface area (Å²) < 4.78 is 37.7.